The van der Waals surface area contributed by atoms with Gasteiger partial charge in [-0.3, -0.25) is 4.79 Å². The van der Waals surface area contributed by atoms with Gasteiger partial charge in [0.05, 0.1) is 5.56 Å². The smallest absolute Gasteiger partial charge is 0.272 e. The lowest BCUT2D eigenvalue weighted by Crippen LogP contribution is -2.36. The molecular formula is C17H16ClN3O. The molecule has 4 nitrogen and oxygen atoms in total. The number of benzene rings is 1. The molecule has 0 aliphatic carbocycles. The number of aromatic nitrogens is 1. The van der Waals surface area contributed by atoms with Crippen LogP contribution in [-0.4, -0.2) is 28.9 Å². The first-order valence-corrected chi connectivity index (χ1v) is 7.27. The van der Waals surface area contributed by atoms with Gasteiger partial charge in [0.15, 0.2) is 0 Å². The van der Waals surface area contributed by atoms with Crippen LogP contribution in [0, 0.1) is 11.3 Å². The van der Waals surface area contributed by atoms with Crippen molar-refractivity contribution in [2.45, 2.75) is 19.4 Å². The number of likely N-dealkylation sites (N-methyl/N-ethyl adjacent to an activating group) is 1. The van der Waals surface area contributed by atoms with E-state index in [1.807, 2.05) is 37.3 Å². The molecule has 0 aliphatic rings. The Morgan fingerprint density at radius 2 is 2.00 bits per heavy atom. The summed E-state index contributed by atoms with van der Waals surface area (Å²) < 4.78 is 0. The zero-order valence-corrected chi connectivity index (χ0v) is 13.2. The maximum absolute atomic E-state index is 12.4. The number of pyridine rings is 1. The van der Waals surface area contributed by atoms with Gasteiger partial charge in [0.2, 0.25) is 0 Å². The van der Waals surface area contributed by atoms with Crippen molar-refractivity contribution in [1.29, 1.82) is 5.26 Å². The number of carbonyl (C=O) groups is 1. The standard InChI is InChI=1S/C17H16ClN3O/c1-12(9-13-3-6-15(18)7-4-13)21(2)17(22)16-8-5-14(10-19)11-20-16/h3-8,11-12H,9H2,1-2H3/t12-/m0/s1. The lowest BCUT2D eigenvalue weighted by Gasteiger charge is -2.24. The third-order valence-corrected chi connectivity index (χ3v) is 3.79. The van der Waals surface area contributed by atoms with Crippen molar-refractivity contribution < 1.29 is 4.79 Å². The van der Waals surface area contributed by atoms with Gasteiger partial charge in [-0.2, -0.15) is 5.26 Å². The molecule has 0 saturated carbocycles. The van der Waals surface area contributed by atoms with E-state index in [9.17, 15) is 4.79 Å². The second kappa shape index (κ2) is 7.06. The zero-order chi connectivity index (χ0) is 16.1. The van der Waals surface area contributed by atoms with E-state index in [0.29, 0.717) is 16.3 Å². The summed E-state index contributed by atoms with van der Waals surface area (Å²) in [5, 5.41) is 9.45. The predicted octanol–water partition coefficient (Wildman–Crippen LogP) is 3.31. The fraction of sp³-hybridized carbons (Fsp3) is 0.235. The number of rotatable bonds is 4. The number of hydrogen-bond acceptors (Lipinski definition) is 3. The molecule has 1 aromatic carbocycles. The summed E-state index contributed by atoms with van der Waals surface area (Å²) in [7, 11) is 1.75. The van der Waals surface area contributed by atoms with Gasteiger partial charge in [-0.15, -0.1) is 0 Å². The average molecular weight is 314 g/mol. The Morgan fingerprint density at radius 3 is 2.55 bits per heavy atom. The third kappa shape index (κ3) is 3.84. The molecular weight excluding hydrogens is 298 g/mol. The van der Waals surface area contributed by atoms with Gasteiger partial charge in [-0.25, -0.2) is 4.98 Å². The molecule has 0 bridgehead atoms. The molecule has 22 heavy (non-hydrogen) atoms. The minimum Gasteiger partial charge on any atom is -0.337 e. The van der Waals surface area contributed by atoms with E-state index >= 15 is 0 Å². The first kappa shape index (κ1) is 16.0. The quantitative estimate of drug-likeness (QED) is 0.870. The van der Waals surface area contributed by atoms with Crippen LogP contribution < -0.4 is 0 Å². The monoisotopic (exact) mass is 313 g/mol. The molecule has 0 aliphatic heterocycles. The van der Waals surface area contributed by atoms with Gasteiger partial charge in [-0.05, 0) is 43.2 Å². The SMILES string of the molecule is C[C@@H](Cc1ccc(Cl)cc1)N(C)C(=O)c1ccc(C#N)cn1. The van der Waals surface area contributed by atoms with Crippen LogP contribution in [0.1, 0.15) is 28.5 Å². The van der Waals surface area contributed by atoms with E-state index in [2.05, 4.69) is 4.98 Å². The minimum atomic E-state index is -0.161. The number of nitriles is 1. The van der Waals surface area contributed by atoms with E-state index in [-0.39, 0.29) is 11.9 Å². The molecule has 0 fully saturated rings. The second-order valence-electron chi connectivity index (χ2n) is 5.14. The van der Waals surface area contributed by atoms with E-state index < -0.39 is 0 Å². The molecule has 0 radical (unpaired) electrons. The van der Waals surface area contributed by atoms with Crippen LogP contribution in [0.3, 0.4) is 0 Å². The van der Waals surface area contributed by atoms with Crippen molar-refractivity contribution in [3.8, 4) is 6.07 Å². The molecule has 1 amide bonds. The topological polar surface area (TPSA) is 57.0 Å². The molecule has 112 valence electrons. The molecule has 1 heterocycles. The van der Waals surface area contributed by atoms with Gasteiger partial charge in [0.1, 0.15) is 11.8 Å². The lowest BCUT2D eigenvalue weighted by atomic mass is 10.1. The van der Waals surface area contributed by atoms with Crippen molar-refractivity contribution in [1.82, 2.24) is 9.88 Å². The summed E-state index contributed by atoms with van der Waals surface area (Å²) in [6, 6.07) is 12.8. The zero-order valence-electron chi connectivity index (χ0n) is 12.5. The summed E-state index contributed by atoms with van der Waals surface area (Å²) >= 11 is 5.87. The second-order valence-corrected chi connectivity index (χ2v) is 5.58. The fourth-order valence-electron chi connectivity index (χ4n) is 2.07. The Hall–Kier alpha value is -2.38. The normalized spacial score (nSPS) is 11.5. The number of nitrogens with zero attached hydrogens (tertiary/aromatic N) is 3. The molecule has 1 aromatic heterocycles. The summed E-state index contributed by atoms with van der Waals surface area (Å²) in [5.74, 6) is -0.161. The van der Waals surface area contributed by atoms with E-state index in [0.717, 1.165) is 12.0 Å². The number of amides is 1. The molecule has 0 unspecified atom stereocenters. The van der Waals surface area contributed by atoms with Crippen molar-refractivity contribution in [2.24, 2.45) is 0 Å². The Labute approximate surface area is 135 Å². The number of hydrogen-bond donors (Lipinski definition) is 0. The van der Waals surface area contributed by atoms with Crippen LogP contribution >= 0.6 is 11.6 Å². The highest BCUT2D eigenvalue weighted by atomic mass is 35.5. The summed E-state index contributed by atoms with van der Waals surface area (Å²) in [5.41, 5.74) is 1.89. The van der Waals surface area contributed by atoms with Crippen LogP contribution in [-0.2, 0) is 6.42 Å². The summed E-state index contributed by atoms with van der Waals surface area (Å²) in [4.78, 5) is 18.1. The average Bonchev–Trinajstić information content (AvgIpc) is 2.55. The Bertz CT molecular complexity index is 689. The minimum absolute atomic E-state index is 0.0196. The molecule has 0 N–H and O–H groups in total. The fourth-order valence-corrected chi connectivity index (χ4v) is 2.19. The molecule has 5 heteroatoms. The van der Waals surface area contributed by atoms with Gasteiger partial charge in [-0.1, -0.05) is 23.7 Å². The Kier molecular flexibility index (Phi) is 5.13. The molecule has 0 spiro atoms. The Morgan fingerprint density at radius 1 is 1.32 bits per heavy atom. The van der Waals surface area contributed by atoms with Crippen molar-refractivity contribution in [3.63, 3.8) is 0 Å². The van der Waals surface area contributed by atoms with Crippen LogP contribution in [0.25, 0.3) is 0 Å². The van der Waals surface area contributed by atoms with Crippen molar-refractivity contribution in [3.05, 3.63) is 64.4 Å². The summed E-state index contributed by atoms with van der Waals surface area (Å²) in [6.45, 7) is 1.98. The van der Waals surface area contributed by atoms with Crippen LogP contribution in [0.15, 0.2) is 42.6 Å². The van der Waals surface area contributed by atoms with Gasteiger partial charge < -0.3 is 4.90 Å². The summed E-state index contributed by atoms with van der Waals surface area (Å²) in [6.07, 6.45) is 2.14. The van der Waals surface area contributed by atoms with E-state index in [1.165, 1.54) is 6.20 Å². The van der Waals surface area contributed by atoms with Gasteiger partial charge in [0, 0.05) is 24.3 Å². The maximum Gasteiger partial charge on any atom is 0.272 e. The first-order chi connectivity index (χ1) is 10.5. The van der Waals surface area contributed by atoms with Crippen molar-refractivity contribution >= 4 is 17.5 Å². The highest BCUT2D eigenvalue weighted by Gasteiger charge is 2.18. The molecule has 1 atom stereocenters. The predicted molar refractivity (Wildman–Crippen MR) is 85.7 cm³/mol. The lowest BCUT2D eigenvalue weighted by molar-refractivity contribution is 0.0737. The van der Waals surface area contributed by atoms with Crippen LogP contribution in [0.4, 0.5) is 0 Å². The molecule has 0 saturated heterocycles. The van der Waals surface area contributed by atoms with Gasteiger partial charge >= 0.3 is 0 Å². The van der Waals surface area contributed by atoms with E-state index in [4.69, 9.17) is 16.9 Å². The van der Waals surface area contributed by atoms with E-state index in [1.54, 1.807) is 24.1 Å². The van der Waals surface area contributed by atoms with Gasteiger partial charge in [0.25, 0.3) is 5.91 Å². The molecule has 2 rings (SSSR count). The molecule has 2 aromatic rings. The van der Waals surface area contributed by atoms with Crippen molar-refractivity contribution in [2.75, 3.05) is 7.05 Å². The largest absolute Gasteiger partial charge is 0.337 e. The highest BCUT2D eigenvalue weighted by molar-refractivity contribution is 6.30. The maximum atomic E-state index is 12.4. The first-order valence-electron chi connectivity index (χ1n) is 6.89. The van der Waals surface area contributed by atoms with Crippen LogP contribution in [0.2, 0.25) is 5.02 Å². The number of carbonyl (C=O) groups excluding carboxylic acids is 1. The third-order valence-electron chi connectivity index (χ3n) is 3.54. The number of halogens is 1. The van der Waals surface area contributed by atoms with Crippen LogP contribution in [0.5, 0.6) is 0 Å². The Balaban J connectivity index is 2.05. The highest BCUT2D eigenvalue weighted by Crippen LogP contribution is 2.14.